The van der Waals surface area contributed by atoms with Gasteiger partial charge in [0.2, 0.25) is 0 Å². The number of fused-ring (bicyclic) bond motifs is 4. The van der Waals surface area contributed by atoms with Crippen LogP contribution in [0, 0.1) is 0 Å². The van der Waals surface area contributed by atoms with Crippen LogP contribution in [0.25, 0.3) is 11.0 Å². The van der Waals surface area contributed by atoms with Gasteiger partial charge in [0.1, 0.15) is 17.2 Å². The van der Waals surface area contributed by atoms with Crippen molar-refractivity contribution >= 4 is 22.8 Å². The van der Waals surface area contributed by atoms with Crippen molar-refractivity contribution < 1.29 is 9.53 Å². The highest BCUT2D eigenvalue weighted by Crippen LogP contribution is 2.31. The van der Waals surface area contributed by atoms with Crippen molar-refractivity contribution in [1.82, 2.24) is 14.9 Å². The summed E-state index contributed by atoms with van der Waals surface area (Å²) in [7, 11) is 2.12. The maximum atomic E-state index is 11.5. The van der Waals surface area contributed by atoms with Crippen LogP contribution >= 0.6 is 0 Å². The number of aromatic nitrogens is 2. The number of amides is 1. The molecule has 1 amide bonds. The van der Waals surface area contributed by atoms with Crippen molar-refractivity contribution in [2.75, 3.05) is 11.9 Å². The Bertz CT molecular complexity index is 970. The molecular weight excluding hydrogens is 328 g/mol. The molecule has 1 fully saturated rings. The van der Waals surface area contributed by atoms with Gasteiger partial charge in [0, 0.05) is 18.1 Å². The number of rotatable bonds is 2. The predicted molar refractivity (Wildman–Crippen MR) is 99.6 cm³/mol. The van der Waals surface area contributed by atoms with E-state index in [1.165, 1.54) is 29.5 Å². The number of carbonyl (C=O) groups is 1. The minimum atomic E-state index is -0.108. The zero-order valence-corrected chi connectivity index (χ0v) is 14.8. The largest absolute Gasteiger partial charge is 0.482 e. The molecule has 1 aliphatic heterocycles. The Morgan fingerprint density at radius 2 is 2.19 bits per heavy atom. The molecule has 1 saturated heterocycles. The first-order chi connectivity index (χ1) is 12.7. The second-order valence-electron chi connectivity index (χ2n) is 7.23. The smallest absolute Gasteiger partial charge is 0.262 e. The first kappa shape index (κ1) is 15.5. The quantitative estimate of drug-likeness (QED) is 0.873. The molecule has 0 spiro atoms. The maximum Gasteiger partial charge on any atom is 0.262 e. The van der Waals surface area contributed by atoms with Gasteiger partial charge in [-0.1, -0.05) is 0 Å². The Labute approximate surface area is 151 Å². The lowest BCUT2D eigenvalue weighted by Crippen LogP contribution is -2.36. The summed E-state index contributed by atoms with van der Waals surface area (Å²) in [6, 6.07) is 4.33. The van der Waals surface area contributed by atoms with E-state index in [1.807, 2.05) is 12.2 Å². The number of hydrogen-bond acceptors (Lipinski definition) is 4. The highest BCUT2D eigenvalue weighted by molar-refractivity contribution is 5.84. The van der Waals surface area contributed by atoms with Gasteiger partial charge in [-0.05, 0) is 62.0 Å². The molecule has 5 rings (SSSR count). The Morgan fingerprint density at radius 3 is 3.12 bits per heavy atom. The molecule has 0 saturated carbocycles. The summed E-state index contributed by atoms with van der Waals surface area (Å²) in [5, 5.41) is 7.63. The van der Waals surface area contributed by atoms with E-state index >= 15 is 0 Å². The van der Waals surface area contributed by atoms with E-state index in [9.17, 15) is 4.79 Å². The Morgan fingerprint density at radius 1 is 1.31 bits per heavy atom. The van der Waals surface area contributed by atoms with Gasteiger partial charge in [-0.3, -0.25) is 4.79 Å². The zero-order valence-electron chi connectivity index (χ0n) is 14.8. The highest BCUT2D eigenvalue weighted by Gasteiger charge is 2.24. The van der Waals surface area contributed by atoms with Crippen molar-refractivity contribution in [3.8, 4) is 0 Å². The molecule has 2 aromatic heterocycles. The van der Waals surface area contributed by atoms with Gasteiger partial charge in [0.25, 0.3) is 5.91 Å². The van der Waals surface area contributed by atoms with E-state index in [4.69, 9.17) is 9.72 Å². The normalized spacial score (nSPS) is 21.9. The van der Waals surface area contributed by atoms with E-state index in [0.29, 0.717) is 0 Å². The Hall–Kier alpha value is -2.76. The summed E-state index contributed by atoms with van der Waals surface area (Å²) in [6.07, 6.45) is 9.67. The monoisotopic (exact) mass is 350 g/mol. The third kappa shape index (κ3) is 2.48. The third-order valence-corrected chi connectivity index (χ3v) is 5.52. The first-order valence-electron chi connectivity index (χ1n) is 9.28. The van der Waals surface area contributed by atoms with E-state index < -0.39 is 0 Å². The number of nitrogens with zero attached hydrogens (tertiary/aromatic N) is 2. The van der Waals surface area contributed by atoms with Crippen LogP contribution in [-0.2, 0) is 29.4 Å². The maximum absolute atomic E-state index is 11.5. The van der Waals surface area contributed by atoms with Crippen LogP contribution in [0.15, 0.2) is 35.7 Å². The molecule has 6 heteroatoms. The molecule has 1 atom stereocenters. The molecule has 0 bridgehead atoms. The summed E-state index contributed by atoms with van der Waals surface area (Å²) < 4.78 is 7.70. The molecular formula is C20H22N4O2. The number of ether oxygens (including phenoxy) is 1. The van der Waals surface area contributed by atoms with E-state index in [1.54, 1.807) is 0 Å². The number of pyridine rings is 1. The summed E-state index contributed by atoms with van der Waals surface area (Å²) in [5.74, 6) is 1.52. The summed E-state index contributed by atoms with van der Waals surface area (Å²) in [6.45, 7) is 0.0949. The average molecular weight is 350 g/mol. The fourth-order valence-corrected chi connectivity index (χ4v) is 4.25. The summed E-state index contributed by atoms with van der Waals surface area (Å²) in [5.41, 5.74) is 4.71. The Balaban J connectivity index is 1.43. The number of nitrogens with one attached hydrogen (secondary N) is 2. The SMILES string of the molecule is Cn1c2c(c3ccc(NC4C=C5NC(=O)COC5=CC4)nc31)CCCC2. The third-order valence-electron chi connectivity index (χ3n) is 5.52. The molecule has 1 unspecified atom stereocenters. The molecule has 3 heterocycles. The van der Waals surface area contributed by atoms with E-state index in [2.05, 4.69) is 34.4 Å². The lowest BCUT2D eigenvalue weighted by molar-refractivity contribution is -0.125. The molecule has 26 heavy (non-hydrogen) atoms. The van der Waals surface area contributed by atoms with Gasteiger partial charge in [-0.15, -0.1) is 0 Å². The minimum Gasteiger partial charge on any atom is -0.482 e. The summed E-state index contributed by atoms with van der Waals surface area (Å²) >= 11 is 0. The van der Waals surface area contributed by atoms with Crippen LogP contribution in [0.3, 0.4) is 0 Å². The molecule has 0 radical (unpaired) electrons. The molecule has 134 valence electrons. The van der Waals surface area contributed by atoms with Crippen LogP contribution in [0.4, 0.5) is 5.82 Å². The van der Waals surface area contributed by atoms with Crippen LogP contribution in [0.1, 0.15) is 30.5 Å². The molecule has 2 aromatic rings. The highest BCUT2D eigenvalue weighted by atomic mass is 16.5. The lowest BCUT2D eigenvalue weighted by Gasteiger charge is -2.26. The summed E-state index contributed by atoms with van der Waals surface area (Å²) in [4.78, 5) is 16.4. The Kier molecular flexibility index (Phi) is 3.51. The van der Waals surface area contributed by atoms with E-state index in [-0.39, 0.29) is 18.6 Å². The molecule has 2 aliphatic carbocycles. The lowest BCUT2D eigenvalue weighted by atomic mass is 9.96. The average Bonchev–Trinajstić information content (AvgIpc) is 2.94. The van der Waals surface area contributed by atoms with Crippen LogP contribution in [0.2, 0.25) is 0 Å². The number of carbonyl (C=O) groups excluding carboxylic acids is 1. The van der Waals surface area contributed by atoms with Crippen LogP contribution in [0.5, 0.6) is 0 Å². The van der Waals surface area contributed by atoms with Crippen molar-refractivity contribution in [1.29, 1.82) is 0 Å². The van der Waals surface area contributed by atoms with Crippen molar-refractivity contribution in [3.05, 3.63) is 47.0 Å². The van der Waals surface area contributed by atoms with Crippen molar-refractivity contribution in [2.24, 2.45) is 7.05 Å². The second-order valence-corrected chi connectivity index (χ2v) is 7.23. The zero-order chi connectivity index (χ0) is 17.7. The second kappa shape index (κ2) is 5.90. The number of hydrogen-bond donors (Lipinski definition) is 2. The van der Waals surface area contributed by atoms with Crippen molar-refractivity contribution in [2.45, 2.75) is 38.1 Å². The van der Waals surface area contributed by atoms with Gasteiger partial charge in [0.05, 0.1) is 11.7 Å². The van der Waals surface area contributed by atoms with E-state index in [0.717, 1.165) is 42.2 Å². The fourth-order valence-electron chi connectivity index (χ4n) is 4.25. The molecule has 3 aliphatic rings. The standard InChI is InChI=1S/C20H22N4O2/c1-24-16-5-3-2-4-13(16)14-7-9-18(23-20(14)24)21-12-6-8-17-15(10-12)22-19(25)11-26-17/h7-10,12H,2-6,11H2,1H3,(H,21,23)(H,22,25). The number of aryl methyl sites for hydroxylation is 2. The van der Waals surface area contributed by atoms with Gasteiger partial charge < -0.3 is 19.9 Å². The topological polar surface area (TPSA) is 68.2 Å². The van der Waals surface area contributed by atoms with Gasteiger partial charge >= 0.3 is 0 Å². The van der Waals surface area contributed by atoms with Crippen LogP contribution in [-0.4, -0.2) is 28.1 Å². The number of morpholine rings is 1. The number of anilines is 1. The fraction of sp³-hybridized carbons (Fsp3) is 0.400. The van der Waals surface area contributed by atoms with Gasteiger partial charge in [-0.2, -0.15) is 0 Å². The van der Waals surface area contributed by atoms with Gasteiger partial charge in [-0.25, -0.2) is 4.98 Å². The van der Waals surface area contributed by atoms with Crippen molar-refractivity contribution in [3.63, 3.8) is 0 Å². The predicted octanol–water partition coefficient (Wildman–Crippen LogP) is 2.55. The minimum absolute atomic E-state index is 0.0793. The molecule has 6 nitrogen and oxygen atoms in total. The first-order valence-corrected chi connectivity index (χ1v) is 9.28. The molecule has 2 N–H and O–H groups in total. The van der Waals surface area contributed by atoms with Gasteiger partial charge in [0.15, 0.2) is 6.61 Å². The molecule has 0 aromatic carbocycles. The van der Waals surface area contributed by atoms with Crippen LogP contribution < -0.4 is 10.6 Å².